The van der Waals surface area contributed by atoms with Gasteiger partial charge in [0.05, 0.1) is 13.7 Å². The zero-order chi connectivity index (χ0) is 30.9. The predicted octanol–water partition coefficient (Wildman–Crippen LogP) is 1.56. The number of hydrogen-bond acceptors (Lipinski definition) is 8. The zero-order valence-electron chi connectivity index (χ0n) is 24.2. The average Bonchev–Trinajstić information content (AvgIpc) is 2.97. The summed E-state index contributed by atoms with van der Waals surface area (Å²) in [6.45, 7) is 5.06. The molecular weight excluding hydrogens is 539 g/mol. The molecule has 0 fully saturated rings. The number of amides is 4. The molecule has 1 aromatic rings. The third-order valence-corrected chi connectivity index (χ3v) is 6.34. The summed E-state index contributed by atoms with van der Waals surface area (Å²) in [6.07, 6.45) is -0.754. The molecule has 0 aliphatic carbocycles. The molecule has 0 spiro atoms. The standard InChI is InChI=1S/C28H41FN4O8/c1-6-18(4)24(26(37)30-15-20(34)14-29)32-25(36)21(12-13-22(35)40-5)31-27(38)23(17(2)3)33-28(39)41-16-19-10-8-7-9-11-19/h7-11,17-18,21,23-24H,6,12-16H2,1-5H3,(H,30,37)(H,31,38)(H,32,36)(H,33,39)/t18-,21-,23-,24-/m0/s1. The Morgan fingerprint density at radius 2 is 1.54 bits per heavy atom. The highest BCUT2D eigenvalue weighted by molar-refractivity contribution is 5.95. The maximum atomic E-state index is 13.3. The van der Waals surface area contributed by atoms with Crippen LogP contribution in [0, 0.1) is 11.8 Å². The highest BCUT2D eigenvalue weighted by atomic mass is 19.1. The number of alkyl halides is 1. The van der Waals surface area contributed by atoms with E-state index in [0.29, 0.717) is 6.42 Å². The fraction of sp³-hybridized carbons (Fsp3) is 0.571. The second-order valence-corrected chi connectivity index (χ2v) is 9.87. The lowest BCUT2D eigenvalue weighted by atomic mass is 9.97. The Labute approximate surface area is 239 Å². The molecule has 4 atom stereocenters. The van der Waals surface area contributed by atoms with Crippen molar-refractivity contribution in [3.05, 3.63) is 35.9 Å². The third-order valence-electron chi connectivity index (χ3n) is 6.34. The minimum absolute atomic E-state index is 0.0146. The highest BCUT2D eigenvalue weighted by Crippen LogP contribution is 2.11. The molecule has 0 radical (unpaired) electrons. The van der Waals surface area contributed by atoms with Crippen molar-refractivity contribution in [2.75, 3.05) is 20.3 Å². The van der Waals surface area contributed by atoms with Gasteiger partial charge in [0.25, 0.3) is 0 Å². The number of carbonyl (C=O) groups is 6. The SMILES string of the molecule is CC[C@H](C)[C@H](NC(=O)[C@H](CCC(=O)OC)NC(=O)[C@@H](NC(=O)OCc1ccccc1)C(C)C)C(=O)NCC(=O)CF. The lowest BCUT2D eigenvalue weighted by Gasteiger charge is -2.28. The number of carbonyl (C=O) groups excluding carboxylic acids is 6. The van der Waals surface area contributed by atoms with E-state index in [2.05, 4.69) is 26.0 Å². The molecule has 0 aliphatic heterocycles. The minimum Gasteiger partial charge on any atom is -0.469 e. The van der Waals surface area contributed by atoms with E-state index < -0.39 is 72.8 Å². The van der Waals surface area contributed by atoms with Crippen molar-refractivity contribution >= 4 is 35.6 Å². The van der Waals surface area contributed by atoms with Crippen LogP contribution < -0.4 is 21.3 Å². The summed E-state index contributed by atoms with van der Waals surface area (Å²) in [7, 11) is 1.18. The number of ketones is 1. The largest absolute Gasteiger partial charge is 0.469 e. The van der Waals surface area contributed by atoms with Crippen LogP contribution in [0.2, 0.25) is 0 Å². The van der Waals surface area contributed by atoms with Crippen LogP contribution in [0.5, 0.6) is 0 Å². The maximum Gasteiger partial charge on any atom is 0.408 e. The molecule has 13 heteroatoms. The number of nitrogens with one attached hydrogen (secondary N) is 4. The van der Waals surface area contributed by atoms with E-state index >= 15 is 0 Å². The number of ether oxygens (including phenoxy) is 2. The topological polar surface area (TPSA) is 169 Å². The summed E-state index contributed by atoms with van der Waals surface area (Å²) in [4.78, 5) is 74.7. The van der Waals surface area contributed by atoms with Gasteiger partial charge in [0.2, 0.25) is 17.7 Å². The molecule has 4 amide bonds. The molecule has 1 rings (SSSR count). The first-order chi connectivity index (χ1) is 19.4. The summed E-state index contributed by atoms with van der Waals surface area (Å²) < 4.78 is 22.4. The average molecular weight is 581 g/mol. The van der Waals surface area contributed by atoms with Gasteiger partial charge in [-0.2, -0.15) is 0 Å². The first-order valence-corrected chi connectivity index (χ1v) is 13.4. The smallest absolute Gasteiger partial charge is 0.408 e. The Kier molecular flexibility index (Phi) is 15.7. The van der Waals surface area contributed by atoms with Crippen molar-refractivity contribution in [3.8, 4) is 0 Å². The third kappa shape index (κ3) is 12.8. The van der Waals surface area contributed by atoms with Crippen molar-refractivity contribution in [2.24, 2.45) is 11.8 Å². The van der Waals surface area contributed by atoms with E-state index in [4.69, 9.17) is 4.74 Å². The number of Topliss-reactive ketones (excluding diaryl/α,β-unsaturated/α-hetero) is 1. The Bertz CT molecular complexity index is 1040. The van der Waals surface area contributed by atoms with Crippen LogP contribution in [0.1, 0.15) is 52.5 Å². The normalized spacial score (nSPS) is 13.6. The summed E-state index contributed by atoms with van der Waals surface area (Å²) in [6, 6.07) is 5.47. The van der Waals surface area contributed by atoms with Crippen LogP contribution in [0.4, 0.5) is 9.18 Å². The zero-order valence-corrected chi connectivity index (χ0v) is 24.2. The van der Waals surface area contributed by atoms with Gasteiger partial charge in [-0.15, -0.1) is 0 Å². The second-order valence-electron chi connectivity index (χ2n) is 9.87. The van der Waals surface area contributed by atoms with Gasteiger partial charge < -0.3 is 30.7 Å². The number of benzene rings is 1. The summed E-state index contributed by atoms with van der Waals surface area (Å²) >= 11 is 0. The molecule has 4 N–H and O–H groups in total. The quantitative estimate of drug-likeness (QED) is 0.201. The maximum absolute atomic E-state index is 13.3. The van der Waals surface area contributed by atoms with E-state index in [-0.39, 0.29) is 25.4 Å². The summed E-state index contributed by atoms with van der Waals surface area (Å²) in [5.41, 5.74) is 0.752. The number of alkyl carbamates (subject to hydrolysis) is 1. The minimum atomic E-state index is -1.28. The lowest BCUT2D eigenvalue weighted by Crippen LogP contribution is -2.59. The molecular formula is C28H41FN4O8. The molecule has 0 saturated heterocycles. The van der Waals surface area contributed by atoms with Crippen molar-refractivity contribution in [2.45, 2.75) is 71.7 Å². The Hall–Kier alpha value is -4.03. The van der Waals surface area contributed by atoms with Crippen LogP contribution in [0.3, 0.4) is 0 Å². The van der Waals surface area contributed by atoms with Gasteiger partial charge in [0.15, 0.2) is 5.78 Å². The Morgan fingerprint density at radius 1 is 0.878 bits per heavy atom. The second kappa shape index (κ2) is 18.3. The van der Waals surface area contributed by atoms with E-state index in [1.165, 1.54) is 7.11 Å². The van der Waals surface area contributed by atoms with E-state index in [0.717, 1.165) is 5.56 Å². The fourth-order valence-electron chi connectivity index (χ4n) is 3.62. The van der Waals surface area contributed by atoms with Crippen LogP contribution >= 0.6 is 0 Å². The monoisotopic (exact) mass is 580 g/mol. The van der Waals surface area contributed by atoms with E-state index in [9.17, 15) is 33.2 Å². The molecule has 0 aliphatic rings. The molecule has 0 heterocycles. The van der Waals surface area contributed by atoms with Crippen LogP contribution in [0.25, 0.3) is 0 Å². The number of methoxy groups -OCH3 is 1. The van der Waals surface area contributed by atoms with Crippen LogP contribution in [-0.4, -0.2) is 74.0 Å². The fourth-order valence-corrected chi connectivity index (χ4v) is 3.62. The number of halogens is 1. The molecule has 228 valence electrons. The van der Waals surface area contributed by atoms with Gasteiger partial charge >= 0.3 is 12.1 Å². The highest BCUT2D eigenvalue weighted by Gasteiger charge is 2.33. The van der Waals surface area contributed by atoms with Crippen molar-refractivity contribution in [1.29, 1.82) is 0 Å². The Morgan fingerprint density at radius 3 is 2.10 bits per heavy atom. The van der Waals surface area contributed by atoms with Crippen LogP contribution in [0.15, 0.2) is 30.3 Å². The van der Waals surface area contributed by atoms with E-state index in [1.54, 1.807) is 52.0 Å². The van der Waals surface area contributed by atoms with E-state index in [1.807, 2.05) is 6.07 Å². The number of rotatable bonds is 17. The first kappa shape index (κ1) is 35.0. The Balaban J connectivity index is 3.02. The first-order valence-electron chi connectivity index (χ1n) is 13.4. The van der Waals surface area contributed by atoms with Gasteiger partial charge in [-0.25, -0.2) is 9.18 Å². The van der Waals surface area contributed by atoms with Gasteiger partial charge in [0.1, 0.15) is 31.4 Å². The molecule has 0 bridgehead atoms. The lowest BCUT2D eigenvalue weighted by molar-refractivity contribution is -0.141. The number of esters is 1. The predicted molar refractivity (Wildman–Crippen MR) is 147 cm³/mol. The van der Waals surface area contributed by atoms with Gasteiger partial charge in [-0.05, 0) is 23.8 Å². The van der Waals surface area contributed by atoms with Crippen molar-refractivity contribution in [3.63, 3.8) is 0 Å². The van der Waals surface area contributed by atoms with Crippen molar-refractivity contribution in [1.82, 2.24) is 21.3 Å². The summed E-state index contributed by atoms with van der Waals surface area (Å²) in [5, 5.41) is 9.93. The van der Waals surface area contributed by atoms with Gasteiger partial charge in [0, 0.05) is 6.42 Å². The molecule has 12 nitrogen and oxygen atoms in total. The van der Waals surface area contributed by atoms with Gasteiger partial charge in [-0.3, -0.25) is 24.0 Å². The molecule has 0 unspecified atom stereocenters. The van der Waals surface area contributed by atoms with Gasteiger partial charge in [-0.1, -0.05) is 64.4 Å². The van der Waals surface area contributed by atoms with Crippen molar-refractivity contribution < 1.29 is 42.6 Å². The molecule has 0 aromatic heterocycles. The molecule has 0 saturated carbocycles. The van der Waals surface area contributed by atoms with Crippen LogP contribution in [-0.2, 0) is 40.1 Å². The summed E-state index contributed by atoms with van der Waals surface area (Å²) in [5.74, 6) is -4.42. The number of hydrogen-bond donors (Lipinski definition) is 4. The molecule has 1 aromatic carbocycles. The molecule has 41 heavy (non-hydrogen) atoms.